The Hall–Kier alpha value is -2.45. The number of hydrazine groups is 1. The molecule has 2 aromatic heterocycles. The largest absolute Gasteiger partial charge is 0.459 e. The first-order chi connectivity index (χ1) is 12.5. The van der Waals surface area contributed by atoms with Crippen molar-refractivity contribution < 1.29 is 14.0 Å². The highest BCUT2D eigenvalue weighted by Crippen LogP contribution is 2.24. The van der Waals surface area contributed by atoms with Gasteiger partial charge in [-0.25, -0.2) is 0 Å². The highest BCUT2D eigenvalue weighted by atomic mass is 79.9. The molecule has 0 unspecified atom stereocenters. The first-order valence-corrected chi connectivity index (χ1v) is 9.49. The molecule has 3 rings (SSSR count). The number of amides is 2. The van der Waals surface area contributed by atoms with Crippen LogP contribution in [0.1, 0.15) is 26.6 Å². The predicted molar refractivity (Wildman–Crippen MR) is 103 cm³/mol. The summed E-state index contributed by atoms with van der Waals surface area (Å²) >= 11 is 4.90. The molecule has 1 aromatic carbocycles. The molecule has 0 aliphatic rings. The van der Waals surface area contributed by atoms with E-state index in [1.54, 1.807) is 41.7 Å². The van der Waals surface area contributed by atoms with E-state index in [1.165, 1.54) is 6.26 Å². The molecular formula is C18H16BrN3O3S. The number of rotatable bonds is 5. The van der Waals surface area contributed by atoms with Crippen LogP contribution >= 0.6 is 27.7 Å². The fourth-order valence-electron chi connectivity index (χ4n) is 2.31. The smallest absolute Gasteiger partial charge is 0.305 e. The van der Waals surface area contributed by atoms with Crippen LogP contribution in [0.5, 0.6) is 0 Å². The Morgan fingerprint density at radius 3 is 2.58 bits per heavy atom. The second kappa shape index (κ2) is 8.29. The first-order valence-electron chi connectivity index (χ1n) is 7.71. The van der Waals surface area contributed by atoms with Crippen molar-refractivity contribution in [3.05, 3.63) is 76.4 Å². The van der Waals surface area contributed by atoms with Crippen LogP contribution in [0.4, 0.5) is 0 Å². The Morgan fingerprint density at radius 1 is 1.15 bits per heavy atom. The van der Waals surface area contributed by atoms with Gasteiger partial charge in [-0.1, -0.05) is 18.2 Å². The molecule has 2 N–H and O–H groups in total. The van der Waals surface area contributed by atoms with Gasteiger partial charge in [0.05, 0.1) is 6.26 Å². The highest BCUT2D eigenvalue weighted by molar-refractivity contribution is 9.10. The van der Waals surface area contributed by atoms with Gasteiger partial charge >= 0.3 is 5.91 Å². The summed E-state index contributed by atoms with van der Waals surface area (Å²) in [6, 6.07) is 13.3. The zero-order valence-electron chi connectivity index (χ0n) is 13.9. The van der Waals surface area contributed by atoms with E-state index in [-0.39, 0.29) is 5.76 Å². The maximum absolute atomic E-state index is 12.3. The average Bonchev–Trinajstić information content (AvgIpc) is 3.24. The molecule has 26 heavy (non-hydrogen) atoms. The summed E-state index contributed by atoms with van der Waals surface area (Å²) in [5, 5.41) is 0. The molecule has 0 saturated carbocycles. The van der Waals surface area contributed by atoms with E-state index in [1.807, 2.05) is 30.3 Å². The van der Waals surface area contributed by atoms with Gasteiger partial charge in [0.15, 0.2) is 5.76 Å². The van der Waals surface area contributed by atoms with E-state index in [9.17, 15) is 9.59 Å². The summed E-state index contributed by atoms with van der Waals surface area (Å²) in [6.45, 7) is 0. The fourth-order valence-corrected chi connectivity index (χ4v) is 3.73. The normalized spacial score (nSPS) is 10.5. The summed E-state index contributed by atoms with van der Waals surface area (Å²) in [4.78, 5) is 25.6. The van der Waals surface area contributed by atoms with Gasteiger partial charge in [-0.05, 0) is 40.2 Å². The van der Waals surface area contributed by atoms with Gasteiger partial charge in [0.1, 0.15) is 5.69 Å². The number of benzene rings is 1. The zero-order valence-corrected chi connectivity index (χ0v) is 16.3. The van der Waals surface area contributed by atoms with Crippen LogP contribution < -0.4 is 10.9 Å². The molecular weight excluding hydrogens is 418 g/mol. The van der Waals surface area contributed by atoms with Gasteiger partial charge in [-0.2, -0.15) is 0 Å². The number of aryl methyl sites for hydroxylation is 1. The number of nitrogens with one attached hydrogen (secondary N) is 2. The Bertz CT molecular complexity index is 921. The molecule has 8 heteroatoms. The lowest BCUT2D eigenvalue weighted by Gasteiger charge is -2.08. The molecule has 0 saturated heterocycles. The van der Waals surface area contributed by atoms with Crippen molar-refractivity contribution in [1.29, 1.82) is 0 Å². The van der Waals surface area contributed by atoms with E-state index in [0.29, 0.717) is 11.4 Å². The van der Waals surface area contributed by atoms with Crippen molar-refractivity contribution in [2.75, 3.05) is 0 Å². The van der Waals surface area contributed by atoms with Crippen LogP contribution in [-0.4, -0.2) is 16.4 Å². The predicted octanol–water partition coefficient (Wildman–Crippen LogP) is 3.75. The number of carbonyl (C=O) groups excluding carboxylic acids is 2. The number of furan rings is 1. The number of nitrogens with zero attached hydrogens (tertiary/aromatic N) is 1. The van der Waals surface area contributed by atoms with Crippen LogP contribution in [-0.2, 0) is 12.8 Å². The summed E-state index contributed by atoms with van der Waals surface area (Å²) in [5.74, 6) is -0.150. The van der Waals surface area contributed by atoms with Crippen LogP contribution in [0.15, 0.2) is 68.7 Å². The van der Waals surface area contributed by atoms with Gasteiger partial charge in [-0.15, -0.1) is 11.8 Å². The number of halogens is 1. The van der Waals surface area contributed by atoms with E-state index in [2.05, 4.69) is 26.8 Å². The lowest BCUT2D eigenvalue weighted by atomic mass is 10.3. The molecule has 0 aliphatic heterocycles. The summed E-state index contributed by atoms with van der Waals surface area (Å²) in [5.41, 5.74) is 5.95. The maximum atomic E-state index is 12.3. The molecule has 2 heterocycles. The van der Waals surface area contributed by atoms with Crippen molar-refractivity contribution in [3.8, 4) is 0 Å². The molecule has 6 nitrogen and oxygen atoms in total. The topological polar surface area (TPSA) is 76.3 Å². The van der Waals surface area contributed by atoms with Gasteiger partial charge in [0.2, 0.25) is 0 Å². The summed E-state index contributed by atoms with van der Waals surface area (Å²) < 4.78 is 7.72. The molecule has 0 bridgehead atoms. The van der Waals surface area contributed by atoms with E-state index in [0.717, 1.165) is 14.9 Å². The van der Waals surface area contributed by atoms with Crippen LogP contribution in [0.2, 0.25) is 0 Å². The lowest BCUT2D eigenvalue weighted by molar-refractivity contribution is 0.0826. The molecule has 0 spiro atoms. The third kappa shape index (κ3) is 4.39. The van der Waals surface area contributed by atoms with Crippen molar-refractivity contribution in [2.24, 2.45) is 7.05 Å². The van der Waals surface area contributed by atoms with Gasteiger partial charge < -0.3 is 8.98 Å². The second-order valence-corrected chi connectivity index (χ2v) is 7.40. The minimum absolute atomic E-state index is 0.182. The van der Waals surface area contributed by atoms with Crippen molar-refractivity contribution in [3.63, 3.8) is 0 Å². The van der Waals surface area contributed by atoms with Gasteiger partial charge in [0, 0.05) is 33.9 Å². The van der Waals surface area contributed by atoms with Gasteiger partial charge in [-0.3, -0.25) is 20.4 Å². The maximum Gasteiger partial charge on any atom is 0.305 e. The van der Waals surface area contributed by atoms with Crippen LogP contribution in [0.25, 0.3) is 0 Å². The molecule has 3 aromatic rings. The van der Waals surface area contributed by atoms with Crippen molar-refractivity contribution >= 4 is 39.5 Å². The highest BCUT2D eigenvalue weighted by Gasteiger charge is 2.17. The molecule has 134 valence electrons. The number of thioether (sulfide) groups is 1. The third-order valence-electron chi connectivity index (χ3n) is 3.58. The minimum Gasteiger partial charge on any atom is -0.459 e. The lowest BCUT2D eigenvalue weighted by Crippen LogP contribution is -2.42. The minimum atomic E-state index is -0.500. The monoisotopic (exact) mass is 433 g/mol. The number of hydrogen-bond donors (Lipinski definition) is 2. The van der Waals surface area contributed by atoms with E-state index >= 15 is 0 Å². The molecule has 0 radical (unpaired) electrons. The average molecular weight is 434 g/mol. The first kappa shape index (κ1) is 18.3. The molecule has 0 fully saturated rings. The SMILES string of the molecule is Cn1cc(Br)cc1C(=O)NNC(=O)c1occc1CSc1ccccc1. The summed E-state index contributed by atoms with van der Waals surface area (Å²) in [7, 11) is 1.74. The Balaban J connectivity index is 1.59. The second-order valence-electron chi connectivity index (χ2n) is 5.44. The van der Waals surface area contributed by atoms with Crippen LogP contribution in [0, 0.1) is 0 Å². The summed E-state index contributed by atoms with van der Waals surface area (Å²) in [6.07, 6.45) is 3.22. The van der Waals surface area contributed by atoms with Crippen molar-refractivity contribution in [1.82, 2.24) is 15.4 Å². The molecule has 0 aliphatic carbocycles. The zero-order chi connectivity index (χ0) is 18.5. The van der Waals surface area contributed by atoms with Crippen LogP contribution in [0.3, 0.4) is 0 Å². The quantitative estimate of drug-likeness (QED) is 0.474. The standard InChI is InChI=1S/C18H16BrN3O3S/c1-22-10-13(19)9-15(22)17(23)20-21-18(24)16-12(7-8-25-16)11-26-14-5-3-2-4-6-14/h2-10H,11H2,1H3,(H,20,23)(H,21,24). The number of hydrogen-bond acceptors (Lipinski definition) is 4. The van der Waals surface area contributed by atoms with E-state index < -0.39 is 11.8 Å². The van der Waals surface area contributed by atoms with E-state index in [4.69, 9.17) is 4.42 Å². The van der Waals surface area contributed by atoms with Gasteiger partial charge in [0.25, 0.3) is 5.91 Å². The number of aromatic nitrogens is 1. The number of carbonyl (C=O) groups is 2. The Kier molecular flexibility index (Phi) is 5.85. The third-order valence-corrected chi connectivity index (χ3v) is 5.08. The molecule has 2 amide bonds. The fraction of sp³-hybridized carbons (Fsp3) is 0.111. The van der Waals surface area contributed by atoms with Crippen molar-refractivity contribution in [2.45, 2.75) is 10.6 Å². The Labute approximate surface area is 163 Å². The Morgan fingerprint density at radius 2 is 1.88 bits per heavy atom. The molecule has 0 atom stereocenters.